The number of benzene rings is 1. The van der Waals surface area contributed by atoms with Crippen molar-refractivity contribution >= 4 is 11.8 Å². The average molecular weight is 254 g/mol. The Morgan fingerprint density at radius 1 is 1.41 bits per heavy atom. The summed E-state index contributed by atoms with van der Waals surface area (Å²) in [6.07, 6.45) is 2.04. The molecule has 1 aliphatic rings. The molecule has 0 aliphatic carbocycles. The molecule has 4 heteroatoms. The van der Waals surface area contributed by atoms with E-state index in [1.165, 1.54) is 5.75 Å². The third kappa shape index (κ3) is 3.30. The van der Waals surface area contributed by atoms with E-state index in [4.69, 9.17) is 14.6 Å². The van der Waals surface area contributed by atoms with Gasteiger partial charge in [-0.25, -0.2) is 0 Å². The van der Waals surface area contributed by atoms with Crippen molar-refractivity contribution in [2.75, 3.05) is 25.2 Å². The number of hydrogen-bond acceptors (Lipinski definition) is 4. The second-order valence-electron chi connectivity index (χ2n) is 4.06. The van der Waals surface area contributed by atoms with Crippen LogP contribution in [0.4, 0.5) is 0 Å². The summed E-state index contributed by atoms with van der Waals surface area (Å²) in [5.74, 6) is 3.78. The number of aliphatic hydroxyl groups is 1. The van der Waals surface area contributed by atoms with E-state index in [0.717, 1.165) is 29.2 Å². The first-order valence-electron chi connectivity index (χ1n) is 5.85. The Morgan fingerprint density at radius 3 is 2.94 bits per heavy atom. The van der Waals surface area contributed by atoms with Crippen molar-refractivity contribution in [1.82, 2.24) is 0 Å². The van der Waals surface area contributed by atoms with Gasteiger partial charge in [0.2, 0.25) is 0 Å². The molecule has 1 aliphatic heterocycles. The second kappa shape index (κ2) is 6.17. The molecule has 1 aromatic rings. The highest BCUT2D eigenvalue weighted by atomic mass is 32.2. The molecule has 17 heavy (non-hydrogen) atoms. The highest BCUT2D eigenvalue weighted by molar-refractivity contribution is 7.99. The van der Waals surface area contributed by atoms with E-state index >= 15 is 0 Å². The lowest BCUT2D eigenvalue weighted by Crippen LogP contribution is -2.15. The van der Waals surface area contributed by atoms with Crippen LogP contribution in [0, 0.1) is 0 Å². The molecule has 3 nitrogen and oxygen atoms in total. The second-order valence-corrected chi connectivity index (χ2v) is 5.21. The lowest BCUT2D eigenvalue weighted by atomic mass is 10.1. The zero-order valence-electron chi connectivity index (χ0n) is 10.0. The molecule has 0 spiro atoms. The van der Waals surface area contributed by atoms with Crippen molar-refractivity contribution in [1.29, 1.82) is 0 Å². The summed E-state index contributed by atoms with van der Waals surface area (Å²) in [6, 6.07) is 5.84. The van der Waals surface area contributed by atoms with Crippen molar-refractivity contribution in [2.24, 2.45) is 0 Å². The van der Waals surface area contributed by atoms with Gasteiger partial charge in [-0.2, -0.15) is 11.8 Å². The molecule has 1 N–H and O–H groups in total. The highest BCUT2D eigenvalue weighted by Crippen LogP contribution is 2.31. The van der Waals surface area contributed by atoms with E-state index in [2.05, 4.69) is 0 Å². The number of rotatable bonds is 5. The fourth-order valence-electron chi connectivity index (χ4n) is 1.88. The molecule has 1 fully saturated rings. The van der Waals surface area contributed by atoms with Gasteiger partial charge in [-0.1, -0.05) is 6.07 Å². The normalized spacial score (nSPS) is 19.3. The van der Waals surface area contributed by atoms with Crippen molar-refractivity contribution in [3.63, 3.8) is 0 Å². The Labute approximate surface area is 106 Å². The molecule has 1 unspecified atom stereocenters. The van der Waals surface area contributed by atoms with Crippen LogP contribution < -0.4 is 9.47 Å². The Balaban J connectivity index is 2.12. The van der Waals surface area contributed by atoms with Gasteiger partial charge in [-0.05, 0) is 36.3 Å². The van der Waals surface area contributed by atoms with Gasteiger partial charge in [0.1, 0.15) is 6.10 Å². The van der Waals surface area contributed by atoms with Crippen molar-refractivity contribution < 1.29 is 14.6 Å². The summed E-state index contributed by atoms with van der Waals surface area (Å²) in [5.41, 5.74) is 1.08. The third-order valence-electron chi connectivity index (χ3n) is 2.81. The molecular weight excluding hydrogens is 236 g/mol. The van der Waals surface area contributed by atoms with E-state index in [9.17, 15) is 0 Å². The van der Waals surface area contributed by atoms with Crippen molar-refractivity contribution in [3.8, 4) is 11.5 Å². The first-order valence-corrected chi connectivity index (χ1v) is 7.01. The number of methoxy groups -OCH3 is 1. The molecule has 0 aromatic heterocycles. The van der Waals surface area contributed by atoms with Crippen LogP contribution in [0.3, 0.4) is 0 Å². The minimum atomic E-state index is 0.158. The van der Waals surface area contributed by atoms with Gasteiger partial charge in [0, 0.05) is 12.4 Å². The molecule has 1 saturated heterocycles. The Hall–Kier alpha value is -0.870. The van der Waals surface area contributed by atoms with Crippen LogP contribution in [0.5, 0.6) is 11.5 Å². The maximum absolute atomic E-state index is 8.95. The van der Waals surface area contributed by atoms with Gasteiger partial charge < -0.3 is 14.6 Å². The van der Waals surface area contributed by atoms with Crippen LogP contribution >= 0.6 is 11.8 Å². The minimum Gasteiger partial charge on any atom is -0.493 e. The first-order chi connectivity index (χ1) is 8.33. The Bertz CT molecular complexity index is 362. The molecular formula is C13H18O3S. The van der Waals surface area contributed by atoms with E-state index in [-0.39, 0.29) is 6.61 Å². The molecule has 0 radical (unpaired) electrons. The molecule has 1 atom stereocenters. The largest absolute Gasteiger partial charge is 0.493 e. The summed E-state index contributed by atoms with van der Waals surface area (Å²) in [6.45, 7) is 0.158. The number of aliphatic hydroxyl groups excluding tert-OH is 1. The van der Waals surface area contributed by atoms with Crippen molar-refractivity contribution in [2.45, 2.75) is 18.9 Å². The molecule has 94 valence electrons. The van der Waals surface area contributed by atoms with Gasteiger partial charge >= 0.3 is 0 Å². The summed E-state index contributed by atoms with van der Waals surface area (Å²) < 4.78 is 11.3. The van der Waals surface area contributed by atoms with E-state index in [1.54, 1.807) is 7.11 Å². The van der Waals surface area contributed by atoms with Gasteiger partial charge in [-0.15, -0.1) is 0 Å². The van der Waals surface area contributed by atoms with Gasteiger partial charge in [0.05, 0.1) is 7.11 Å². The van der Waals surface area contributed by atoms with Crippen molar-refractivity contribution in [3.05, 3.63) is 23.8 Å². The summed E-state index contributed by atoms with van der Waals surface area (Å²) in [5, 5.41) is 8.95. The number of thioether (sulfide) groups is 1. The monoisotopic (exact) mass is 254 g/mol. The summed E-state index contributed by atoms with van der Waals surface area (Å²) >= 11 is 1.92. The predicted octanol–water partition coefficient (Wildman–Crippen LogP) is 2.11. The minimum absolute atomic E-state index is 0.158. The topological polar surface area (TPSA) is 38.7 Å². The van der Waals surface area contributed by atoms with E-state index in [0.29, 0.717) is 12.5 Å². The molecule has 1 heterocycles. The first kappa shape index (κ1) is 12.6. The Kier molecular flexibility index (Phi) is 4.57. The fourth-order valence-corrected chi connectivity index (χ4v) is 2.98. The smallest absolute Gasteiger partial charge is 0.161 e. The highest BCUT2D eigenvalue weighted by Gasteiger charge is 2.18. The third-order valence-corrected chi connectivity index (χ3v) is 3.94. The predicted molar refractivity (Wildman–Crippen MR) is 70.1 cm³/mol. The summed E-state index contributed by atoms with van der Waals surface area (Å²) in [4.78, 5) is 0. The standard InChI is InChI=1S/C13H18O3S/c1-15-12-3-2-10(4-6-14)8-13(12)16-11-5-7-17-9-11/h2-3,8,11,14H,4-7,9H2,1H3. The molecule has 1 aromatic carbocycles. The zero-order chi connectivity index (χ0) is 12.1. The SMILES string of the molecule is COc1ccc(CCO)cc1OC1CCSC1. The Morgan fingerprint density at radius 2 is 2.29 bits per heavy atom. The van der Waals surface area contributed by atoms with E-state index < -0.39 is 0 Å². The zero-order valence-corrected chi connectivity index (χ0v) is 10.8. The van der Waals surface area contributed by atoms with E-state index in [1.807, 2.05) is 30.0 Å². The van der Waals surface area contributed by atoms with Gasteiger partial charge in [-0.3, -0.25) is 0 Å². The summed E-state index contributed by atoms with van der Waals surface area (Å²) in [7, 11) is 1.65. The van der Waals surface area contributed by atoms with Crippen LogP contribution in [0.15, 0.2) is 18.2 Å². The lowest BCUT2D eigenvalue weighted by molar-refractivity contribution is 0.218. The average Bonchev–Trinajstić information content (AvgIpc) is 2.83. The maximum Gasteiger partial charge on any atom is 0.161 e. The molecule has 0 saturated carbocycles. The number of ether oxygens (including phenoxy) is 2. The maximum atomic E-state index is 8.95. The fraction of sp³-hybridized carbons (Fsp3) is 0.538. The molecule has 0 bridgehead atoms. The van der Waals surface area contributed by atoms with Crippen LogP contribution in [-0.4, -0.2) is 36.4 Å². The van der Waals surface area contributed by atoms with Gasteiger partial charge in [0.25, 0.3) is 0 Å². The van der Waals surface area contributed by atoms with Gasteiger partial charge in [0.15, 0.2) is 11.5 Å². The van der Waals surface area contributed by atoms with Crippen LogP contribution in [0.2, 0.25) is 0 Å². The van der Waals surface area contributed by atoms with Crippen LogP contribution in [-0.2, 0) is 6.42 Å². The van der Waals surface area contributed by atoms with Crippen LogP contribution in [0.25, 0.3) is 0 Å². The lowest BCUT2D eigenvalue weighted by Gasteiger charge is -2.16. The molecule has 2 rings (SSSR count). The quantitative estimate of drug-likeness (QED) is 0.873. The number of hydrogen-bond donors (Lipinski definition) is 1. The van der Waals surface area contributed by atoms with Crippen LogP contribution in [0.1, 0.15) is 12.0 Å². The molecule has 0 amide bonds.